The highest BCUT2D eigenvalue weighted by molar-refractivity contribution is 7.66. The summed E-state index contributed by atoms with van der Waals surface area (Å²) in [6, 6.07) is 0.425. The molecule has 9 heavy (non-hydrogen) atoms. The van der Waals surface area contributed by atoms with E-state index >= 15 is 0 Å². The second-order valence-electron chi connectivity index (χ2n) is 2.41. The molecule has 0 radical (unpaired) electrons. The van der Waals surface area contributed by atoms with Crippen LogP contribution in [0.2, 0.25) is 0 Å². The van der Waals surface area contributed by atoms with Gasteiger partial charge in [0.15, 0.2) is 0 Å². The monoisotopic (exact) mass is 166 g/mol. The van der Waals surface area contributed by atoms with Gasteiger partial charge >= 0.3 is 0 Å². The van der Waals surface area contributed by atoms with Crippen LogP contribution >= 0.6 is 19.3 Å². The summed E-state index contributed by atoms with van der Waals surface area (Å²) in [7, 11) is 0.447. The van der Waals surface area contributed by atoms with E-state index in [0.29, 0.717) is 14.1 Å². The van der Waals surface area contributed by atoms with Crippen molar-refractivity contribution in [1.82, 2.24) is 4.67 Å². The van der Waals surface area contributed by atoms with Crippen LogP contribution in [0.15, 0.2) is 0 Å². The van der Waals surface area contributed by atoms with E-state index in [2.05, 4.69) is 4.67 Å². The molecule has 54 valence electrons. The van der Waals surface area contributed by atoms with E-state index in [1.54, 1.807) is 0 Å². The summed E-state index contributed by atoms with van der Waals surface area (Å²) >= 11 is 5.64. The zero-order valence-corrected chi connectivity index (χ0v) is 7.06. The fraction of sp³-hybridized carbons (Fsp3) is 1.00. The topological polar surface area (TPSA) is 29.3 Å². The Kier molecular flexibility index (Phi) is 3.20. The van der Waals surface area contributed by atoms with E-state index in [9.17, 15) is 0 Å². The summed E-state index contributed by atoms with van der Waals surface area (Å²) in [5, 5.41) is 0. The molecule has 2 N–H and O–H groups in total. The van der Waals surface area contributed by atoms with Gasteiger partial charge in [-0.1, -0.05) is 11.2 Å². The molecular formula is C5H12ClN2P. The van der Waals surface area contributed by atoms with Crippen LogP contribution in [0.4, 0.5) is 0 Å². The van der Waals surface area contributed by atoms with Crippen LogP contribution in [-0.2, 0) is 0 Å². The molecule has 0 saturated carbocycles. The van der Waals surface area contributed by atoms with Gasteiger partial charge in [-0.05, 0) is 12.8 Å². The minimum Gasteiger partial charge on any atom is -0.328 e. The first-order valence-electron chi connectivity index (χ1n) is 3.19. The minimum atomic E-state index is 0.425. The van der Waals surface area contributed by atoms with Crippen LogP contribution in [0.1, 0.15) is 12.8 Å². The molecule has 0 amide bonds. The van der Waals surface area contributed by atoms with Crippen molar-refractivity contribution in [2.24, 2.45) is 5.73 Å². The zero-order valence-electron chi connectivity index (χ0n) is 5.31. The molecule has 0 aromatic rings. The molecule has 1 atom stereocenters. The molecule has 1 rings (SSSR count). The third kappa shape index (κ3) is 2.38. The molecular weight excluding hydrogens is 154 g/mol. The molecule has 1 fully saturated rings. The van der Waals surface area contributed by atoms with E-state index in [1.807, 2.05) is 0 Å². The van der Waals surface area contributed by atoms with Crippen molar-refractivity contribution in [2.75, 3.05) is 13.1 Å². The quantitative estimate of drug-likeness (QED) is 0.593. The normalized spacial score (nSPS) is 26.0. The average Bonchev–Trinajstić information content (AvgIpc) is 1.90. The number of rotatable bonds is 1. The number of nitrogens with two attached hydrogens (primary N) is 1. The van der Waals surface area contributed by atoms with E-state index in [-0.39, 0.29) is 0 Å². The lowest BCUT2D eigenvalue weighted by molar-refractivity contribution is 0.344. The highest BCUT2D eigenvalue weighted by Gasteiger charge is 2.14. The van der Waals surface area contributed by atoms with Gasteiger partial charge in [0.05, 0.1) is 0 Å². The van der Waals surface area contributed by atoms with Crippen LogP contribution in [0.3, 0.4) is 0 Å². The van der Waals surface area contributed by atoms with E-state index in [4.69, 9.17) is 17.0 Å². The fourth-order valence-electron chi connectivity index (χ4n) is 0.984. The molecule has 2 nitrogen and oxygen atoms in total. The highest BCUT2D eigenvalue weighted by Crippen LogP contribution is 2.26. The fourth-order valence-corrected chi connectivity index (χ4v) is 1.92. The van der Waals surface area contributed by atoms with E-state index in [0.717, 1.165) is 25.9 Å². The number of piperidine rings is 1. The maximum Gasteiger partial charge on any atom is 0.0478 e. The summed E-state index contributed by atoms with van der Waals surface area (Å²) in [5.74, 6) is 0. The lowest BCUT2D eigenvalue weighted by Crippen LogP contribution is -2.35. The third-order valence-electron chi connectivity index (χ3n) is 1.66. The highest BCUT2D eigenvalue weighted by atomic mass is 35.7. The smallest absolute Gasteiger partial charge is 0.0478 e. The van der Waals surface area contributed by atoms with Crippen molar-refractivity contribution in [3.05, 3.63) is 0 Å². The first-order valence-corrected chi connectivity index (χ1v) is 5.15. The molecule has 0 aliphatic carbocycles. The van der Waals surface area contributed by atoms with Gasteiger partial charge < -0.3 is 5.73 Å². The Labute approximate surface area is 62.4 Å². The van der Waals surface area contributed by atoms with Crippen LogP contribution in [0.25, 0.3) is 0 Å². The van der Waals surface area contributed by atoms with Crippen molar-refractivity contribution in [2.45, 2.75) is 18.9 Å². The van der Waals surface area contributed by atoms with Crippen molar-refractivity contribution < 1.29 is 0 Å². The molecule has 1 aliphatic rings. The second kappa shape index (κ2) is 3.72. The first kappa shape index (κ1) is 7.74. The molecule has 0 aromatic heterocycles. The van der Waals surface area contributed by atoms with Crippen molar-refractivity contribution in [3.8, 4) is 0 Å². The van der Waals surface area contributed by atoms with Gasteiger partial charge in [0.1, 0.15) is 0 Å². The van der Waals surface area contributed by atoms with Gasteiger partial charge in [0.2, 0.25) is 0 Å². The Hall–Kier alpha value is 0.640. The number of halogens is 1. The summed E-state index contributed by atoms with van der Waals surface area (Å²) in [4.78, 5) is 0. The molecule has 0 bridgehead atoms. The minimum absolute atomic E-state index is 0.425. The van der Waals surface area contributed by atoms with Crippen LogP contribution in [0, 0.1) is 0 Å². The maximum absolute atomic E-state index is 5.68. The summed E-state index contributed by atoms with van der Waals surface area (Å²) in [5.41, 5.74) is 5.68. The molecule has 0 aromatic carbocycles. The number of nitrogens with zero attached hydrogens (tertiary/aromatic N) is 1. The maximum atomic E-state index is 5.68. The summed E-state index contributed by atoms with van der Waals surface area (Å²) < 4.78 is 2.24. The Balaban J connectivity index is 2.18. The standard InChI is InChI=1S/C5H12ClN2P/c6-9-8-3-1-5(7)2-4-8/h5,9H,1-4,7H2. The SMILES string of the molecule is NC1CCN(PCl)CC1. The lowest BCUT2D eigenvalue weighted by Gasteiger charge is -2.27. The molecule has 1 unspecified atom stereocenters. The van der Waals surface area contributed by atoms with Crippen molar-refractivity contribution in [1.29, 1.82) is 0 Å². The van der Waals surface area contributed by atoms with Crippen LogP contribution < -0.4 is 5.73 Å². The number of hydrogen-bond acceptors (Lipinski definition) is 2. The molecule has 1 saturated heterocycles. The van der Waals surface area contributed by atoms with Gasteiger partial charge in [-0.25, -0.2) is 0 Å². The van der Waals surface area contributed by atoms with Gasteiger partial charge in [-0.15, -0.1) is 0 Å². The Morgan fingerprint density at radius 3 is 2.44 bits per heavy atom. The average molecular weight is 167 g/mol. The van der Waals surface area contributed by atoms with Crippen molar-refractivity contribution in [3.63, 3.8) is 0 Å². The Morgan fingerprint density at radius 1 is 1.44 bits per heavy atom. The van der Waals surface area contributed by atoms with Crippen LogP contribution in [0.5, 0.6) is 0 Å². The Bertz CT molecular complexity index is 83.0. The second-order valence-corrected chi connectivity index (χ2v) is 3.72. The first-order chi connectivity index (χ1) is 4.33. The molecule has 1 aliphatic heterocycles. The lowest BCUT2D eigenvalue weighted by atomic mass is 10.1. The summed E-state index contributed by atoms with van der Waals surface area (Å²) in [6.45, 7) is 2.17. The van der Waals surface area contributed by atoms with E-state index in [1.165, 1.54) is 0 Å². The zero-order chi connectivity index (χ0) is 6.69. The van der Waals surface area contributed by atoms with Crippen molar-refractivity contribution >= 4 is 19.3 Å². The van der Waals surface area contributed by atoms with Gasteiger partial charge in [0.25, 0.3) is 0 Å². The molecule has 1 heterocycles. The van der Waals surface area contributed by atoms with Gasteiger partial charge in [-0.3, -0.25) is 4.67 Å². The predicted molar refractivity (Wildman–Crippen MR) is 43.0 cm³/mol. The van der Waals surface area contributed by atoms with Crippen LogP contribution in [-0.4, -0.2) is 23.8 Å². The molecule has 0 spiro atoms. The predicted octanol–water partition coefficient (Wildman–Crippen LogP) is 1.16. The largest absolute Gasteiger partial charge is 0.328 e. The number of hydrogen-bond donors (Lipinski definition) is 1. The third-order valence-corrected chi connectivity index (χ3v) is 3.06. The van der Waals surface area contributed by atoms with Gasteiger partial charge in [0, 0.05) is 27.2 Å². The summed E-state index contributed by atoms with van der Waals surface area (Å²) in [6.07, 6.45) is 2.22. The van der Waals surface area contributed by atoms with E-state index < -0.39 is 0 Å². The Morgan fingerprint density at radius 2 is 2.00 bits per heavy atom. The molecule has 4 heteroatoms. The van der Waals surface area contributed by atoms with Gasteiger partial charge in [-0.2, -0.15) is 0 Å².